The molecule has 0 aliphatic heterocycles. The Kier molecular flexibility index (Phi) is 9.83. The molecule has 0 radical (unpaired) electrons. The molecule has 0 heterocycles. The molecule has 38 heavy (non-hydrogen) atoms. The van der Waals surface area contributed by atoms with Gasteiger partial charge in [-0.2, -0.15) is 0 Å². The highest BCUT2D eigenvalue weighted by Gasteiger charge is 2.28. The first kappa shape index (κ1) is 29.1. The quantitative estimate of drug-likeness (QED) is 0.252. The Morgan fingerprint density at radius 2 is 1.68 bits per heavy atom. The molecule has 206 valence electrons. The molecule has 1 unspecified atom stereocenters. The van der Waals surface area contributed by atoms with E-state index in [4.69, 9.17) is 11.6 Å². The maximum atomic E-state index is 12.9. The molecule has 1 aliphatic rings. The average molecular weight is 572 g/mol. The van der Waals surface area contributed by atoms with E-state index in [9.17, 15) is 38.5 Å². The number of aliphatic carboxylic acids is 1. The van der Waals surface area contributed by atoms with Gasteiger partial charge in [0, 0.05) is 17.5 Å². The summed E-state index contributed by atoms with van der Waals surface area (Å²) in [6.45, 7) is -0.557. The van der Waals surface area contributed by atoms with E-state index >= 15 is 0 Å². The van der Waals surface area contributed by atoms with Crippen LogP contribution >= 0.6 is 11.6 Å². The van der Waals surface area contributed by atoms with E-state index in [1.807, 2.05) is 0 Å². The molecule has 0 amide bonds. The molecule has 1 atom stereocenters. The first-order valence-corrected chi connectivity index (χ1v) is 13.5. The molecule has 0 saturated heterocycles. The number of carbonyl (C=O) groups is 1. The van der Waals surface area contributed by atoms with E-state index in [-0.39, 0.29) is 43.8 Å². The van der Waals surface area contributed by atoms with E-state index in [0.717, 1.165) is 11.1 Å². The van der Waals surface area contributed by atoms with Crippen LogP contribution in [0.15, 0.2) is 35.2 Å². The number of nitrogens with one attached hydrogen (secondary N) is 1. The average Bonchev–Trinajstić information content (AvgIpc) is 2.82. The second kappa shape index (κ2) is 12.8. The lowest BCUT2D eigenvalue weighted by Gasteiger charge is -2.30. The largest absolute Gasteiger partial charge is 0.481 e. The highest BCUT2D eigenvalue weighted by atomic mass is 35.5. The fraction of sp³-hybridized carbons (Fsp3) is 0.435. The monoisotopic (exact) mass is 571 g/mol. The van der Waals surface area contributed by atoms with Crippen molar-refractivity contribution in [3.8, 4) is 0 Å². The van der Waals surface area contributed by atoms with Gasteiger partial charge in [0.15, 0.2) is 0 Å². The van der Waals surface area contributed by atoms with E-state index < -0.39 is 32.2 Å². The zero-order valence-corrected chi connectivity index (χ0v) is 21.7. The van der Waals surface area contributed by atoms with Crippen molar-refractivity contribution in [2.75, 3.05) is 13.2 Å². The van der Waals surface area contributed by atoms with Gasteiger partial charge in [-0.25, -0.2) is 13.1 Å². The summed E-state index contributed by atoms with van der Waals surface area (Å²) in [7, 11) is -3.83. The van der Waals surface area contributed by atoms with Crippen LogP contribution in [-0.2, 0) is 56.6 Å². The van der Waals surface area contributed by atoms with Gasteiger partial charge in [-0.3, -0.25) is 4.79 Å². The first-order valence-electron chi connectivity index (χ1n) is 11.7. The maximum absolute atomic E-state index is 12.9. The Labute approximate surface area is 223 Å². The number of rotatable bonds is 14. The van der Waals surface area contributed by atoms with Crippen molar-refractivity contribution >= 4 is 27.6 Å². The topological polar surface area (TPSA) is 188 Å². The van der Waals surface area contributed by atoms with Gasteiger partial charge < -0.3 is 14.8 Å². The third-order valence-corrected chi connectivity index (χ3v) is 8.00. The zero-order chi connectivity index (χ0) is 27.9. The van der Waals surface area contributed by atoms with Gasteiger partial charge in [0.05, 0.1) is 4.90 Å². The molecule has 2 aromatic carbocycles. The summed E-state index contributed by atoms with van der Waals surface area (Å²) < 4.78 is 28.5. The summed E-state index contributed by atoms with van der Waals surface area (Å²) in [4.78, 5) is 41.7. The van der Waals surface area contributed by atoms with E-state index in [0.29, 0.717) is 41.0 Å². The van der Waals surface area contributed by atoms with Crippen LogP contribution in [0.2, 0.25) is 5.02 Å². The van der Waals surface area contributed by atoms with Crippen LogP contribution in [0, 0.1) is 20.2 Å². The van der Waals surface area contributed by atoms with Crippen LogP contribution in [0.4, 0.5) is 0 Å². The minimum Gasteiger partial charge on any atom is -0.481 e. The number of halogens is 1. The van der Waals surface area contributed by atoms with Crippen LogP contribution in [0.25, 0.3) is 0 Å². The molecule has 3 rings (SSSR count). The lowest BCUT2D eigenvalue weighted by Crippen LogP contribution is -2.39. The van der Waals surface area contributed by atoms with Gasteiger partial charge in [0.1, 0.15) is 13.2 Å². The predicted octanol–water partition coefficient (Wildman–Crippen LogP) is 2.69. The Bertz CT molecular complexity index is 1300. The second-order valence-electron chi connectivity index (χ2n) is 8.65. The molecule has 13 nitrogen and oxygen atoms in total. The summed E-state index contributed by atoms with van der Waals surface area (Å²) in [6, 6.07) is 7.08. The number of nitrogens with zero attached hydrogens (tertiary/aromatic N) is 2. The number of carboxylic acid groups (broad SMARTS) is 1. The maximum Gasteiger partial charge on any atom is 0.303 e. The van der Waals surface area contributed by atoms with Crippen LogP contribution in [0.1, 0.15) is 40.7 Å². The Balaban J connectivity index is 1.94. The zero-order valence-electron chi connectivity index (χ0n) is 20.1. The van der Waals surface area contributed by atoms with Gasteiger partial charge >= 0.3 is 5.97 Å². The van der Waals surface area contributed by atoms with Crippen molar-refractivity contribution in [1.29, 1.82) is 0 Å². The number of carboxylic acids is 1. The molecule has 2 N–H and O–H groups in total. The molecule has 0 fully saturated rings. The molecule has 0 bridgehead atoms. The van der Waals surface area contributed by atoms with Crippen molar-refractivity contribution in [2.45, 2.75) is 55.9 Å². The normalized spacial score (nSPS) is 14.9. The summed E-state index contributed by atoms with van der Waals surface area (Å²) in [6.07, 6.45) is 1.29. The van der Waals surface area contributed by atoms with Gasteiger partial charge in [0.2, 0.25) is 10.0 Å². The van der Waals surface area contributed by atoms with Gasteiger partial charge in [-0.05, 0) is 90.6 Å². The summed E-state index contributed by atoms with van der Waals surface area (Å²) in [5.74, 6) is -1.03. The fourth-order valence-corrected chi connectivity index (χ4v) is 6.05. The van der Waals surface area contributed by atoms with Crippen molar-refractivity contribution in [1.82, 2.24) is 4.72 Å². The Morgan fingerprint density at radius 1 is 1.05 bits per heavy atom. The standard InChI is InChI=1S/C23H26ClN3O10S/c24-17-1-4-19(5-2-17)38(34,35)25-18-3-6-20-16(14-18)13-15(9-11-36-26(30)31)21(10-12-37-27(32)33)22(20)7-8-23(28)29/h1-2,4-5,13,18,25H,3,6-12,14H2,(H,28,29). The molecule has 2 aromatic rings. The molecule has 1 aliphatic carbocycles. The smallest absolute Gasteiger partial charge is 0.303 e. The first-order chi connectivity index (χ1) is 18.0. The van der Waals surface area contributed by atoms with Gasteiger partial charge in [-0.15, -0.1) is 20.2 Å². The number of hydrogen-bond donors (Lipinski definition) is 2. The number of sulfonamides is 1. The SMILES string of the molecule is O=C(O)CCc1c(CCO[N+](=O)[O-])c(CCO[N+](=O)[O-])cc2c1CCC(NS(=O)(=O)c1ccc(Cl)cc1)C2. The van der Waals surface area contributed by atoms with Crippen molar-refractivity contribution in [2.24, 2.45) is 0 Å². The van der Waals surface area contributed by atoms with Crippen LogP contribution < -0.4 is 4.72 Å². The molecule has 0 aromatic heterocycles. The summed E-state index contributed by atoms with van der Waals surface area (Å²) in [5, 5.41) is 29.2. The predicted molar refractivity (Wildman–Crippen MR) is 133 cm³/mol. The number of hydrogen-bond acceptors (Lipinski definition) is 9. The van der Waals surface area contributed by atoms with Crippen molar-refractivity contribution in [3.63, 3.8) is 0 Å². The third kappa shape index (κ3) is 8.00. The summed E-state index contributed by atoms with van der Waals surface area (Å²) in [5.41, 5.74) is 3.53. The van der Waals surface area contributed by atoms with E-state index in [1.54, 1.807) is 6.07 Å². The molecular weight excluding hydrogens is 546 g/mol. The molecule has 0 spiro atoms. The van der Waals surface area contributed by atoms with Crippen LogP contribution in [-0.4, -0.2) is 48.9 Å². The highest BCUT2D eigenvalue weighted by molar-refractivity contribution is 7.89. The molecular formula is C23H26ClN3O10S. The third-order valence-electron chi connectivity index (χ3n) is 6.21. The van der Waals surface area contributed by atoms with Gasteiger partial charge in [-0.1, -0.05) is 17.7 Å². The minimum absolute atomic E-state index is 0.0635. The highest BCUT2D eigenvalue weighted by Crippen LogP contribution is 2.32. The number of benzene rings is 2. The van der Waals surface area contributed by atoms with E-state index in [2.05, 4.69) is 14.4 Å². The van der Waals surface area contributed by atoms with E-state index in [1.165, 1.54) is 24.3 Å². The molecule has 15 heteroatoms. The molecule has 0 saturated carbocycles. The second-order valence-corrected chi connectivity index (χ2v) is 10.8. The van der Waals surface area contributed by atoms with Gasteiger partial charge in [0.25, 0.3) is 10.2 Å². The minimum atomic E-state index is -3.83. The fourth-order valence-electron chi connectivity index (χ4n) is 4.66. The van der Waals surface area contributed by atoms with Crippen molar-refractivity contribution in [3.05, 3.63) is 83.4 Å². The van der Waals surface area contributed by atoms with Crippen LogP contribution in [0.3, 0.4) is 0 Å². The lowest BCUT2D eigenvalue weighted by atomic mass is 9.79. The van der Waals surface area contributed by atoms with Crippen molar-refractivity contribution < 1.29 is 38.2 Å². The van der Waals surface area contributed by atoms with Crippen LogP contribution in [0.5, 0.6) is 0 Å². The lowest BCUT2D eigenvalue weighted by molar-refractivity contribution is -0.757. The number of fused-ring (bicyclic) bond motifs is 1. The Hall–Kier alpha value is -3.49. The Morgan fingerprint density at radius 3 is 2.29 bits per heavy atom. The summed E-state index contributed by atoms with van der Waals surface area (Å²) >= 11 is 5.86.